The molecule has 0 amide bonds. The predicted octanol–water partition coefficient (Wildman–Crippen LogP) is 9.03. The molecule has 0 radical (unpaired) electrons. The van der Waals surface area contributed by atoms with Crippen molar-refractivity contribution >= 4 is 58.4 Å². The molecule has 2 aliphatic heterocycles. The van der Waals surface area contributed by atoms with Gasteiger partial charge in [-0.15, -0.1) is 0 Å². The van der Waals surface area contributed by atoms with Crippen LogP contribution in [0, 0.1) is 0 Å². The summed E-state index contributed by atoms with van der Waals surface area (Å²) in [7, 11) is -0.754. The van der Waals surface area contributed by atoms with Crippen LogP contribution in [0.3, 0.4) is 0 Å². The monoisotopic (exact) mass is 553 g/mol. The molecule has 4 nitrogen and oxygen atoms in total. The molecule has 2 aromatic heterocycles. The van der Waals surface area contributed by atoms with E-state index in [0.717, 1.165) is 44.9 Å². The number of nitrogens with zero attached hydrogens (tertiary/aromatic N) is 3. The van der Waals surface area contributed by atoms with E-state index in [1.807, 2.05) is 30.1 Å². The third-order valence-electron chi connectivity index (χ3n) is 7.39. The van der Waals surface area contributed by atoms with Crippen molar-refractivity contribution in [2.24, 2.45) is 0 Å². The fourth-order valence-corrected chi connectivity index (χ4v) is 8.94. The van der Waals surface area contributed by atoms with Gasteiger partial charge in [0.1, 0.15) is 17.1 Å². The van der Waals surface area contributed by atoms with Crippen molar-refractivity contribution in [2.75, 3.05) is 4.90 Å². The summed E-state index contributed by atoms with van der Waals surface area (Å²) < 4.78 is 8.55. The topological polar surface area (TPSA) is 30.3 Å². The summed E-state index contributed by atoms with van der Waals surface area (Å²) in [5.41, 5.74) is 5.46. The second-order valence-corrected chi connectivity index (χ2v) is 13.4. The third-order valence-corrected chi connectivity index (χ3v) is 11.0. The zero-order valence-corrected chi connectivity index (χ0v) is 23.5. The van der Waals surface area contributed by atoms with Crippen LogP contribution in [-0.2, 0) is 0 Å². The Morgan fingerprint density at radius 1 is 0.775 bits per heavy atom. The number of allylic oxidation sites excluding steroid dienone is 1. The van der Waals surface area contributed by atoms with Crippen LogP contribution >= 0.6 is 19.7 Å². The van der Waals surface area contributed by atoms with Gasteiger partial charge in [0.2, 0.25) is 0 Å². The molecule has 0 saturated carbocycles. The standard InChI is InChI=1S/C34H24N3OPS/c1-22(2)39-30-11-5-4-10-28(30)38-29-15-13-25(21-31(29)39)37-26-9-3-6-12-32(26)40-33-16-14-24(20-27(33)37)36-19-17-23-8-7-18-35-34(23)36/h3-21H,1H2,2H3. The lowest BCUT2D eigenvalue weighted by Gasteiger charge is -2.35. The van der Waals surface area contributed by atoms with E-state index in [-0.39, 0.29) is 0 Å². The fourth-order valence-electron chi connectivity index (χ4n) is 5.64. The van der Waals surface area contributed by atoms with Crippen molar-refractivity contribution in [3.8, 4) is 17.2 Å². The summed E-state index contributed by atoms with van der Waals surface area (Å²) in [5.74, 6) is 1.84. The highest BCUT2D eigenvalue weighted by atomic mass is 32.2. The van der Waals surface area contributed by atoms with E-state index in [1.165, 1.54) is 26.1 Å². The van der Waals surface area contributed by atoms with E-state index in [4.69, 9.17) is 4.74 Å². The number of hydrogen-bond donors (Lipinski definition) is 0. The van der Waals surface area contributed by atoms with Gasteiger partial charge in [-0.2, -0.15) is 0 Å². The normalized spacial score (nSPS) is 15.0. The lowest BCUT2D eigenvalue weighted by molar-refractivity contribution is 0.488. The summed E-state index contributed by atoms with van der Waals surface area (Å²) in [4.78, 5) is 9.49. The Hall–Kier alpha value is -4.31. The van der Waals surface area contributed by atoms with E-state index >= 15 is 0 Å². The zero-order valence-electron chi connectivity index (χ0n) is 21.8. The molecule has 0 spiro atoms. The molecule has 0 saturated heterocycles. The van der Waals surface area contributed by atoms with Gasteiger partial charge in [0, 0.05) is 49.6 Å². The molecular weight excluding hydrogens is 529 g/mol. The van der Waals surface area contributed by atoms with E-state index in [2.05, 4.69) is 125 Å². The number of benzene rings is 4. The van der Waals surface area contributed by atoms with Crippen LogP contribution in [0.5, 0.6) is 11.5 Å². The lowest BCUT2D eigenvalue weighted by atomic mass is 10.1. The van der Waals surface area contributed by atoms with Gasteiger partial charge in [-0.1, -0.05) is 48.7 Å². The highest BCUT2D eigenvalue weighted by Crippen LogP contribution is 2.54. The number of pyridine rings is 1. The van der Waals surface area contributed by atoms with Gasteiger partial charge in [-0.3, -0.25) is 0 Å². The third kappa shape index (κ3) is 3.62. The highest BCUT2D eigenvalue weighted by molar-refractivity contribution is 7.99. The van der Waals surface area contributed by atoms with Crippen LogP contribution in [-0.4, -0.2) is 9.55 Å². The van der Waals surface area contributed by atoms with Gasteiger partial charge in [0.25, 0.3) is 0 Å². The Labute approximate surface area is 238 Å². The summed E-state index contributed by atoms with van der Waals surface area (Å²) in [5, 5.41) is 4.71. The molecule has 4 aromatic carbocycles. The minimum atomic E-state index is -0.754. The quantitative estimate of drug-likeness (QED) is 0.204. The van der Waals surface area contributed by atoms with Crippen molar-refractivity contribution in [1.82, 2.24) is 9.55 Å². The van der Waals surface area contributed by atoms with E-state index in [0.29, 0.717) is 0 Å². The van der Waals surface area contributed by atoms with Crippen molar-refractivity contribution in [3.63, 3.8) is 0 Å². The Kier molecular flexibility index (Phi) is 5.38. The maximum Gasteiger partial charge on any atom is 0.144 e. The molecule has 4 heterocycles. The lowest BCUT2D eigenvalue weighted by Crippen LogP contribution is -2.23. The summed E-state index contributed by atoms with van der Waals surface area (Å²) in [6.45, 7) is 6.54. The summed E-state index contributed by atoms with van der Waals surface area (Å²) in [6, 6.07) is 36.5. The molecule has 192 valence electrons. The second kappa shape index (κ2) is 9.12. The number of anilines is 3. The van der Waals surface area contributed by atoms with Crippen molar-refractivity contribution < 1.29 is 4.74 Å². The van der Waals surface area contributed by atoms with Crippen LogP contribution in [0.2, 0.25) is 0 Å². The number of hydrogen-bond acceptors (Lipinski definition) is 4. The van der Waals surface area contributed by atoms with Crippen LogP contribution < -0.4 is 20.2 Å². The second-order valence-electron chi connectivity index (χ2n) is 9.95. The van der Waals surface area contributed by atoms with Gasteiger partial charge >= 0.3 is 0 Å². The molecule has 40 heavy (non-hydrogen) atoms. The maximum atomic E-state index is 6.39. The van der Waals surface area contributed by atoms with Crippen LogP contribution in [0.25, 0.3) is 16.7 Å². The number of para-hydroxylation sites is 2. The van der Waals surface area contributed by atoms with Gasteiger partial charge in [-0.05, 0) is 93.0 Å². The molecule has 0 N–H and O–H groups in total. The molecule has 0 bridgehead atoms. The van der Waals surface area contributed by atoms with Crippen LogP contribution in [0.4, 0.5) is 17.1 Å². The molecule has 6 aromatic rings. The molecule has 0 fully saturated rings. The highest BCUT2D eigenvalue weighted by Gasteiger charge is 2.31. The van der Waals surface area contributed by atoms with Crippen molar-refractivity contribution in [3.05, 3.63) is 127 Å². The average Bonchev–Trinajstić information content (AvgIpc) is 3.42. The van der Waals surface area contributed by atoms with Gasteiger partial charge in [-0.25, -0.2) is 4.98 Å². The molecule has 6 heteroatoms. The van der Waals surface area contributed by atoms with E-state index < -0.39 is 7.92 Å². The number of ether oxygens (including phenoxy) is 1. The Morgan fingerprint density at radius 2 is 1.57 bits per heavy atom. The smallest absolute Gasteiger partial charge is 0.144 e. The number of rotatable bonds is 3. The first-order valence-corrected chi connectivity index (χ1v) is 15.3. The van der Waals surface area contributed by atoms with E-state index in [9.17, 15) is 0 Å². The average molecular weight is 554 g/mol. The first kappa shape index (κ1) is 23.6. The summed E-state index contributed by atoms with van der Waals surface area (Å²) >= 11 is 1.81. The largest absolute Gasteiger partial charge is 0.456 e. The maximum absolute atomic E-state index is 6.39. The molecule has 1 unspecified atom stereocenters. The Bertz CT molecular complexity index is 1980. The molecule has 2 aliphatic rings. The summed E-state index contributed by atoms with van der Waals surface area (Å²) in [6.07, 6.45) is 3.95. The number of aromatic nitrogens is 2. The fraction of sp³-hybridized carbons (Fsp3) is 0.0294. The SMILES string of the molecule is C=C(C)P1c2ccccc2Oc2ccc(N3c4ccccc4Sc4ccc(-n5ccc6cccnc65)cc43)cc21. The molecule has 8 rings (SSSR count). The van der Waals surface area contributed by atoms with Gasteiger partial charge < -0.3 is 14.2 Å². The first-order chi connectivity index (χ1) is 19.7. The first-order valence-electron chi connectivity index (χ1n) is 13.2. The van der Waals surface area contributed by atoms with Gasteiger partial charge in [0.15, 0.2) is 0 Å². The molecular formula is C34H24N3OPS. The van der Waals surface area contributed by atoms with Crippen molar-refractivity contribution in [1.29, 1.82) is 0 Å². The van der Waals surface area contributed by atoms with Crippen LogP contribution in [0.1, 0.15) is 6.92 Å². The Balaban J connectivity index is 1.31. The van der Waals surface area contributed by atoms with Gasteiger partial charge in [0.05, 0.1) is 11.4 Å². The van der Waals surface area contributed by atoms with Crippen molar-refractivity contribution in [2.45, 2.75) is 16.7 Å². The predicted molar refractivity (Wildman–Crippen MR) is 167 cm³/mol. The zero-order chi connectivity index (χ0) is 26.8. The van der Waals surface area contributed by atoms with Crippen LogP contribution in [0.15, 0.2) is 137 Å². The van der Waals surface area contributed by atoms with E-state index in [1.54, 1.807) is 0 Å². The minimum Gasteiger partial charge on any atom is -0.456 e. The minimum absolute atomic E-state index is 0.754. The molecule has 0 aliphatic carbocycles. The number of fused-ring (bicyclic) bond motifs is 5. The molecule has 1 atom stereocenters. The Morgan fingerprint density at radius 3 is 2.50 bits per heavy atom.